The first-order chi connectivity index (χ1) is 17.1. The predicted octanol–water partition coefficient (Wildman–Crippen LogP) is 2.58. The molecule has 1 aromatic heterocycles. The Balaban J connectivity index is 1.38. The first-order valence-electron chi connectivity index (χ1n) is 11.8. The molecule has 4 rings (SSSR count). The van der Waals surface area contributed by atoms with E-state index in [1.807, 2.05) is 36.2 Å². The standard InChI is InChI=1S/C24H32IN7O4/c1-16-26-14-19-15-31(23(35)32(16)19)30-11-9-29(10-12-30)21(33)20(24(2,3)36-4)28-22(34)27-18-7-5-17(13-25)6-8-18/h5-8,14,20H,9-13,15H2,1-4H3,(H2,27,28,34). The molecule has 1 saturated heterocycles. The molecule has 0 radical (unpaired) electrons. The van der Waals surface area contributed by atoms with Gasteiger partial charge in [0.2, 0.25) is 5.91 Å². The molecule has 1 atom stereocenters. The minimum Gasteiger partial charge on any atom is -0.376 e. The van der Waals surface area contributed by atoms with Gasteiger partial charge in [-0.15, -0.1) is 0 Å². The topological polar surface area (TPSA) is 112 Å². The quantitative estimate of drug-likeness (QED) is 0.369. The number of nitrogens with zero attached hydrogens (tertiary/aromatic N) is 5. The number of benzene rings is 1. The number of ether oxygens (including phenoxy) is 1. The number of hydrogen-bond donors (Lipinski definition) is 2. The zero-order chi connectivity index (χ0) is 26.0. The number of carbonyl (C=O) groups excluding carboxylic acids is 3. The van der Waals surface area contributed by atoms with Crippen LogP contribution in [-0.2, 0) is 20.5 Å². The summed E-state index contributed by atoms with van der Waals surface area (Å²) in [6.07, 6.45) is 1.72. The monoisotopic (exact) mass is 609 g/mol. The number of hydrazine groups is 1. The van der Waals surface area contributed by atoms with Gasteiger partial charge in [-0.1, -0.05) is 34.7 Å². The molecule has 3 heterocycles. The first kappa shape index (κ1) is 26.4. The average Bonchev–Trinajstić information content (AvgIpc) is 3.41. The molecule has 1 unspecified atom stereocenters. The van der Waals surface area contributed by atoms with Crippen LogP contribution in [0.1, 0.15) is 30.9 Å². The number of carbonyl (C=O) groups is 3. The van der Waals surface area contributed by atoms with Gasteiger partial charge in [-0.25, -0.2) is 24.1 Å². The summed E-state index contributed by atoms with van der Waals surface area (Å²) >= 11 is 2.28. The summed E-state index contributed by atoms with van der Waals surface area (Å²) in [6.45, 7) is 7.67. The highest BCUT2D eigenvalue weighted by Crippen LogP contribution is 2.23. The van der Waals surface area contributed by atoms with Crippen molar-refractivity contribution < 1.29 is 19.1 Å². The van der Waals surface area contributed by atoms with E-state index in [1.165, 1.54) is 7.11 Å². The number of urea groups is 1. The fourth-order valence-corrected chi connectivity index (χ4v) is 4.90. The second-order valence-corrected chi connectivity index (χ2v) is 10.2. The van der Waals surface area contributed by atoms with E-state index >= 15 is 0 Å². The van der Waals surface area contributed by atoms with E-state index in [9.17, 15) is 14.4 Å². The van der Waals surface area contributed by atoms with E-state index < -0.39 is 17.7 Å². The van der Waals surface area contributed by atoms with E-state index in [2.05, 4.69) is 38.2 Å². The van der Waals surface area contributed by atoms with Gasteiger partial charge in [0.25, 0.3) is 0 Å². The average molecular weight is 609 g/mol. The third-order valence-electron chi connectivity index (χ3n) is 6.75. The van der Waals surface area contributed by atoms with Crippen LogP contribution in [0.3, 0.4) is 0 Å². The van der Waals surface area contributed by atoms with Gasteiger partial charge >= 0.3 is 12.1 Å². The Morgan fingerprint density at radius 2 is 1.83 bits per heavy atom. The van der Waals surface area contributed by atoms with Crippen molar-refractivity contribution in [3.05, 3.63) is 47.5 Å². The summed E-state index contributed by atoms with van der Waals surface area (Å²) in [6, 6.07) is 6.06. The molecule has 1 aromatic carbocycles. The van der Waals surface area contributed by atoms with Crippen LogP contribution in [0.5, 0.6) is 0 Å². The fraction of sp³-hybridized carbons (Fsp3) is 0.500. The number of fused-ring (bicyclic) bond motifs is 1. The summed E-state index contributed by atoms with van der Waals surface area (Å²) in [5.74, 6) is 0.442. The van der Waals surface area contributed by atoms with Gasteiger partial charge in [-0.3, -0.25) is 9.80 Å². The molecule has 0 bridgehead atoms. The van der Waals surface area contributed by atoms with Crippen molar-refractivity contribution >= 4 is 46.2 Å². The maximum absolute atomic E-state index is 13.5. The molecule has 2 aliphatic rings. The number of alkyl halides is 1. The van der Waals surface area contributed by atoms with Crippen LogP contribution in [-0.4, -0.2) is 87.4 Å². The maximum atomic E-state index is 13.5. The van der Waals surface area contributed by atoms with Gasteiger partial charge in [0, 0.05) is 43.4 Å². The van der Waals surface area contributed by atoms with Crippen molar-refractivity contribution in [2.24, 2.45) is 0 Å². The zero-order valence-corrected chi connectivity index (χ0v) is 23.1. The van der Waals surface area contributed by atoms with E-state index in [0.717, 1.165) is 15.7 Å². The predicted molar refractivity (Wildman–Crippen MR) is 143 cm³/mol. The number of methoxy groups -OCH3 is 1. The van der Waals surface area contributed by atoms with E-state index in [0.29, 0.717) is 44.2 Å². The van der Waals surface area contributed by atoms with Crippen LogP contribution in [0.4, 0.5) is 15.3 Å². The number of hydrogen-bond acceptors (Lipinski definition) is 6. The number of rotatable bonds is 7. The Hall–Kier alpha value is -2.71. The third-order valence-corrected chi connectivity index (χ3v) is 7.63. The van der Waals surface area contributed by atoms with Gasteiger partial charge in [0.05, 0.1) is 24.0 Å². The van der Waals surface area contributed by atoms with Gasteiger partial charge in [-0.2, -0.15) is 0 Å². The summed E-state index contributed by atoms with van der Waals surface area (Å²) in [5.41, 5.74) is 1.72. The highest BCUT2D eigenvalue weighted by molar-refractivity contribution is 14.1. The fourth-order valence-electron chi connectivity index (χ4n) is 4.39. The van der Waals surface area contributed by atoms with Crippen LogP contribution in [0, 0.1) is 6.92 Å². The maximum Gasteiger partial charge on any atom is 0.344 e. The number of anilines is 1. The third kappa shape index (κ3) is 5.34. The number of nitrogens with one attached hydrogen (secondary N) is 2. The number of halogens is 1. The number of aryl methyl sites for hydroxylation is 1. The highest BCUT2D eigenvalue weighted by Gasteiger charge is 2.41. The van der Waals surface area contributed by atoms with Crippen LogP contribution in [0.2, 0.25) is 0 Å². The van der Waals surface area contributed by atoms with E-state index in [1.54, 1.807) is 34.5 Å². The first-order valence-corrected chi connectivity index (χ1v) is 13.3. The molecule has 0 aliphatic carbocycles. The van der Waals surface area contributed by atoms with Gasteiger partial charge in [0.1, 0.15) is 11.9 Å². The van der Waals surface area contributed by atoms with Crippen LogP contribution in [0.15, 0.2) is 30.5 Å². The van der Waals surface area contributed by atoms with Crippen molar-refractivity contribution in [1.29, 1.82) is 0 Å². The summed E-state index contributed by atoms with van der Waals surface area (Å²) in [7, 11) is 1.52. The minimum atomic E-state index is -0.935. The Labute approximate surface area is 224 Å². The van der Waals surface area contributed by atoms with Crippen molar-refractivity contribution in [1.82, 2.24) is 29.8 Å². The van der Waals surface area contributed by atoms with Gasteiger partial charge in [0.15, 0.2) is 0 Å². The Bertz CT molecular complexity index is 1130. The van der Waals surface area contributed by atoms with Crippen LogP contribution in [0.25, 0.3) is 0 Å². The molecular weight excluding hydrogens is 577 g/mol. The van der Waals surface area contributed by atoms with Crippen molar-refractivity contribution in [3.8, 4) is 0 Å². The van der Waals surface area contributed by atoms with E-state index in [-0.39, 0.29) is 11.9 Å². The number of imidazole rings is 1. The minimum absolute atomic E-state index is 0.122. The molecule has 12 heteroatoms. The van der Waals surface area contributed by atoms with Crippen molar-refractivity contribution in [2.75, 3.05) is 38.6 Å². The normalized spacial score (nSPS) is 17.2. The molecule has 2 aromatic rings. The zero-order valence-electron chi connectivity index (χ0n) is 21.0. The van der Waals surface area contributed by atoms with Crippen LogP contribution < -0.4 is 10.6 Å². The second-order valence-electron chi connectivity index (χ2n) is 9.42. The summed E-state index contributed by atoms with van der Waals surface area (Å²) in [5, 5.41) is 9.29. The number of aromatic nitrogens is 2. The van der Waals surface area contributed by atoms with Crippen molar-refractivity contribution in [3.63, 3.8) is 0 Å². The van der Waals surface area contributed by atoms with Gasteiger partial charge < -0.3 is 20.3 Å². The number of amides is 4. The molecule has 36 heavy (non-hydrogen) atoms. The molecule has 2 aliphatic heterocycles. The Morgan fingerprint density at radius 1 is 1.17 bits per heavy atom. The molecule has 11 nitrogen and oxygen atoms in total. The summed E-state index contributed by atoms with van der Waals surface area (Å²) < 4.78 is 8.08. The molecule has 1 fully saturated rings. The lowest BCUT2D eigenvalue weighted by Crippen LogP contribution is -2.63. The molecule has 0 saturated carbocycles. The lowest BCUT2D eigenvalue weighted by Gasteiger charge is -2.42. The second kappa shape index (κ2) is 10.7. The van der Waals surface area contributed by atoms with E-state index in [4.69, 9.17) is 4.74 Å². The Morgan fingerprint density at radius 3 is 2.42 bits per heavy atom. The largest absolute Gasteiger partial charge is 0.376 e. The molecule has 194 valence electrons. The van der Waals surface area contributed by atoms with Crippen LogP contribution >= 0.6 is 22.6 Å². The summed E-state index contributed by atoms with van der Waals surface area (Å²) in [4.78, 5) is 45.1. The molecule has 0 spiro atoms. The lowest BCUT2D eigenvalue weighted by atomic mass is 9.96. The van der Waals surface area contributed by atoms with Gasteiger partial charge in [-0.05, 0) is 38.5 Å². The lowest BCUT2D eigenvalue weighted by molar-refractivity contribution is -0.144. The number of piperazine rings is 1. The van der Waals surface area contributed by atoms with Crippen molar-refractivity contribution in [2.45, 2.75) is 43.4 Å². The molecular formula is C24H32IN7O4. The smallest absolute Gasteiger partial charge is 0.344 e. The Kier molecular flexibility index (Phi) is 7.85. The SMILES string of the molecule is COC(C)(C)C(NC(=O)Nc1ccc(CI)cc1)C(=O)N1CCN(N2Cc3cnc(C)n3C2=O)CC1. The highest BCUT2D eigenvalue weighted by atomic mass is 127. The molecule has 2 N–H and O–H groups in total. The molecule has 4 amide bonds.